The van der Waals surface area contributed by atoms with E-state index in [0.717, 1.165) is 11.3 Å². The van der Waals surface area contributed by atoms with Crippen molar-refractivity contribution in [1.29, 1.82) is 0 Å². The third kappa shape index (κ3) is 5.45. The maximum absolute atomic E-state index is 12.2. The van der Waals surface area contributed by atoms with Gasteiger partial charge in [0.2, 0.25) is 10.0 Å². The molecule has 0 heterocycles. The number of anilines is 1. The zero-order valence-corrected chi connectivity index (χ0v) is 15.0. The molecule has 2 aromatic rings. The van der Waals surface area contributed by atoms with Gasteiger partial charge in [0.25, 0.3) is 0 Å². The first-order valence-corrected chi connectivity index (χ1v) is 9.42. The van der Waals surface area contributed by atoms with Crippen LogP contribution in [-0.2, 0) is 10.0 Å². The summed E-state index contributed by atoms with van der Waals surface area (Å²) in [7, 11) is -1.87. The summed E-state index contributed by atoms with van der Waals surface area (Å²) in [4.78, 5) is 0. The van der Waals surface area contributed by atoms with Gasteiger partial charge >= 0.3 is 0 Å². The molecule has 6 heteroatoms. The average molecular weight is 349 g/mol. The van der Waals surface area contributed by atoms with Crippen LogP contribution in [0.3, 0.4) is 0 Å². The van der Waals surface area contributed by atoms with Crippen LogP contribution < -0.4 is 14.2 Å². The predicted octanol–water partition coefficient (Wildman–Crippen LogP) is 3.64. The fraction of sp³-hybridized carbons (Fsp3) is 0.333. The average Bonchev–Trinajstić information content (AvgIpc) is 2.55. The SMILES string of the molecule is COc1ccc(OCCS(=O)(=O)Nc2cccc(C(C)C)c2)cc1. The molecule has 0 unspecified atom stereocenters. The molecule has 0 radical (unpaired) electrons. The van der Waals surface area contributed by atoms with E-state index in [9.17, 15) is 8.42 Å². The van der Waals surface area contributed by atoms with Crippen molar-refractivity contribution in [3.8, 4) is 11.5 Å². The first-order valence-electron chi connectivity index (χ1n) is 7.77. The highest BCUT2D eigenvalue weighted by Gasteiger charge is 2.11. The van der Waals surface area contributed by atoms with E-state index < -0.39 is 10.0 Å². The number of hydrogen-bond acceptors (Lipinski definition) is 4. The van der Waals surface area contributed by atoms with Crippen LogP contribution in [0.5, 0.6) is 11.5 Å². The van der Waals surface area contributed by atoms with E-state index in [1.54, 1.807) is 37.4 Å². The van der Waals surface area contributed by atoms with E-state index in [2.05, 4.69) is 18.6 Å². The predicted molar refractivity (Wildman–Crippen MR) is 96.4 cm³/mol. The topological polar surface area (TPSA) is 64.6 Å². The van der Waals surface area contributed by atoms with Crippen LogP contribution >= 0.6 is 0 Å². The molecule has 2 aromatic carbocycles. The van der Waals surface area contributed by atoms with Gasteiger partial charge < -0.3 is 9.47 Å². The Hall–Kier alpha value is -2.21. The molecular weight excluding hydrogens is 326 g/mol. The number of hydrogen-bond donors (Lipinski definition) is 1. The number of methoxy groups -OCH3 is 1. The molecule has 0 spiro atoms. The van der Waals surface area contributed by atoms with Crippen molar-refractivity contribution in [3.63, 3.8) is 0 Å². The van der Waals surface area contributed by atoms with Gasteiger partial charge in [-0.1, -0.05) is 26.0 Å². The highest BCUT2D eigenvalue weighted by atomic mass is 32.2. The summed E-state index contributed by atoms with van der Waals surface area (Å²) in [5.74, 6) is 1.55. The second kappa shape index (κ2) is 8.06. The third-order valence-corrected chi connectivity index (χ3v) is 4.76. The molecule has 0 aliphatic carbocycles. The summed E-state index contributed by atoms with van der Waals surface area (Å²) in [5.41, 5.74) is 1.66. The Morgan fingerprint density at radius 2 is 1.71 bits per heavy atom. The van der Waals surface area contributed by atoms with Gasteiger partial charge in [0.1, 0.15) is 23.9 Å². The van der Waals surface area contributed by atoms with E-state index in [4.69, 9.17) is 9.47 Å². The monoisotopic (exact) mass is 349 g/mol. The van der Waals surface area contributed by atoms with Gasteiger partial charge in [-0.15, -0.1) is 0 Å². The molecule has 0 aliphatic heterocycles. The Morgan fingerprint density at radius 1 is 1.04 bits per heavy atom. The molecule has 5 nitrogen and oxygen atoms in total. The number of rotatable bonds is 8. The Kier molecular flexibility index (Phi) is 6.09. The zero-order valence-electron chi connectivity index (χ0n) is 14.2. The Morgan fingerprint density at radius 3 is 2.33 bits per heavy atom. The van der Waals surface area contributed by atoms with Crippen LogP contribution in [0.15, 0.2) is 48.5 Å². The summed E-state index contributed by atoms with van der Waals surface area (Å²) < 4.78 is 37.4. The normalized spacial score (nSPS) is 11.3. The van der Waals surface area contributed by atoms with Gasteiger partial charge in [-0.05, 0) is 47.9 Å². The van der Waals surface area contributed by atoms with Gasteiger partial charge in [0.15, 0.2) is 0 Å². The van der Waals surface area contributed by atoms with Crippen molar-refractivity contribution in [3.05, 3.63) is 54.1 Å². The lowest BCUT2D eigenvalue weighted by Crippen LogP contribution is -2.21. The van der Waals surface area contributed by atoms with Gasteiger partial charge in [0.05, 0.1) is 7.11 Å². The van der Waals surface area contributed by atoms with Crippen LogP contribution in [0, 0.1) is 0 Å². The van der Waals surface area contributed by atoms with Crippen LogP contribution in [-0.4, -0.2) is 27.9 Å². The van der Waals surface area contributed by atoms with Crippen molar-refractivity contribution in [2.24, 2.45) is 0 Å². The van der Waals surface area contributed by atoms with Crippen molar-refractivity contribution in [2.75, 3.05) is 24.2 Å². The van der Waals surface area contributed by atoms with Crippen molar-refractivity contribution >= 4 is 15.7 Å². The Labute approximate surface area is 143 Å². The molecule has 2 rings (SSSR count). The van der Waals surface area contributed by atoms with E-state index in [1.807, 2.05) is 18.2 Å². The molecule has 0 aliphatic rings. The molecular formula is C18H23NO4S. The molecule has 130 valence electrons. The summed E-state index contributed by atoms with van der Waals surface area (Å²) in [6.07, 6.45) is 0. The van der Waals surface area contributed by atoms with E-state index in [0.29, 0.717) is 17.4 Å². The molecule has 24 heavy (non-hydrogen) atoms. The standard InChI is InChI=1S/C18H23NO4S/c1-14(2)15-5-4-6-16(13-15)19-24(20,21)12-11-23-18-9-7-17(22-3)8-10-18/h4-10,13-14,19H,11-12H2,1-3H3. The lowest BCUT2D eigenvalue weighted by atomic mass is 10.0. The minimum Gasteiger partial charge on any atom is -0.497 e. The summed E-state index contributed by atoms with van der Waals surface area (Å²) in [6, 6.07) is 14.4. The second-order valence-electron chi connectivity index (χ2n) is 5.73. The van der Waals surface area contributed by atoms with Gasteiger partial charge in [-0.3, -0.25) is 4.72 Å². The van der Waals surface area contributed by atoms with Gasteiger partial charge in [-0.2, -0.15) is 0 Å². The molecule has 0 saturated heterocycles. The fourth-order valence-electron chi connectivity index (χ4n) is 2.13. The quantitative estimate of drug-likeness (QED) is 0.790. The fourth-order valence-corrected chi connectivity index (χ4v) is 3.02. The summed E-state index contributed by atoms with van der Waals surface area (Å²) >= 11 is 0. The van der Waals surface area contributed by atoms with Crippen molar-refractivity contribution in [2.45, 2.75) is 19.8 Å². The molecule has 0 aromatic heterocycles. The minimum absolute atomic E-state index is 0.0749. The van der Waals surface area contributed by atoms with E-state index in [1.165, 1.54) is 0 Å². The molecule has 0 fully saturated rings. The van der Waals surface area contributed by atoms with Gasteiger partial charge in [-0.25, -0.2) is 8.42 Å². The van der Waals surface area contributed by atoms with Crippen molar-refractivity contribution in [1.82, 2.24) is 0 Å². The summed E-state index contributed by atoms with van der Waals surface area (Å²) in [5, 5.41) is 0. The first-order chi connectivity index (χ1) is 11.4. The zero-order chi connectivity index (χ0) is 17.6. The lowest BCUT2D eigenvalue weighted by molar-refractivity contribution is 0.340. The van der Waals surface area contributed by atoms with Crippen LogP contribution in [0.4, 0.5) is 5.69 Å². The first kappa shape index (κ1) is 18.1. The smallest absolute Gasteiger partial charge is 0.236 e. The molecule has 0 bridgehead atoms. The van der Waals surface area contributed by atoms with Crippen LogP contribution in [0.2, 0.25) is 0 Å². The van der Waals surface area contributed by atoms with Gasteiger partial charge in [0, 0.05) is 5.69 Å². The van der Waals surface area contributed by atoms with E-state index >= 15 is 0 Å². The molecule has 0 amide bonds. The molecule has 0 saturated carbocycles. The number of benzene rings is 2. The minimum atomic E-state index is -3.46. The largest absolute Gasteiger partial charge is 0.497 e. The van der Waals surface area contributed by atoms with Crippen molar-refractivity contribution < 1.29 is 17.9 Å². The maximum atomic E-state index is 12.2. The molecule has 0 atom stereocenters. The highest BCUT2D eigenvalue weighted by molar-refractivity contribution is 7.92. The third-order valence-electron chi connectivity index (χ3n) is 3.51. The number of nitrogens with one attached hydrogen (secondary N) is 1. The number of sulfonamides is 1. The lowest BCUT2D eigenvalue weighted by Gasteiger charge is -2.12. The Balaban J connectivity index is 1.90. The highest BCUT2D eigenvalue weighted by Crippen LogP contribution is 2.20. The number of ether oxygens (including phenoxy) is 2. The van der Waals surface area contributed by atoms with Crippen LogP contribution in [0.25, 0.3) is 0 Å². The summed E-state index contributed by atoms with van der Waals surface area (Å²) in [6.45, 7) is 4.21. The van der Waals surface area contributed by atoms with E-state index in [-0.39, 0.29) is 12.4 Å². The van der Waals surface area contributed by atoms with Crippen LogP contribution in [0.1, 0.15) is 25.3 Å². The Bertz CT molecular complexity index is 755. The molecule has 1 N–H and O–H groups in total. The maximum Gasteiger partial charge on any atom is 0.236 e. The second-order valence-corrected chi connectivity index (χ2v) is 7.57.